The Hall–Kier alpha value is -2.61. The van der Waals surface area contributed by atoms with Gasteiger partial charge in [-0.15, -0.1) is 0 Å². The van der Waals surface area contributed by atoms with Crippen LogP contribution in [0.1, 0.15) is 31.7 Å². The van der Waals surface area contributed by atoms with Crippen molar-refractivity contribution in [2.24, 2.45) is 0 Å². The molecule has 1 fully saturated rings. The van der Waals surface area contributed by atoms with Crippen molar-refractivity contribution in [3.8, 4) is 0 Å². The molecule has 0 spiro atoms. The van der Waals surface area contributed by atoms with Crippen LogP contribution in [0.5, 0.6) is 0 Å². The Kier molecular flexibility index (Phi) is 8.57. The van der Waals surface area contributed by atoms with Crippen molar-refractivity contribution in [1.29, 1.82) is 0 Å². The zero-order valence-electron chi connectivity index (χ0n) is 15.4. The van der Waals surface area contributed by atoms with Crippen LogP contribution in [0.15, 0.2) is 30.3 Å². The molecule has 27 heavy (non-hydrogen) atoms. The third-order valence-electron chi connectivity index (χ3n) is 3.90. The molecule has 2 unspecified atom stereocenters. The van der Waals surface area contributed by atoms with Gasteiger partial charge in [-0.3, -0.25) is 4.79 Å². The molecule has 1 saturated heterocycles. The number of amides is 2. The van der Waals surface area contributed by atoms with Crippen LogP contribution in [0.2, 0.25) is 0 Å². The average Bonchev–Trinajstić information content (AvgIpc) is 3.47. The number of benzene rings is 1. The van der Waals surface area contributed by atoms with Crippen LogP contribution in [0.25, 0.3) is 0 Å². The van der Waals surface area contributed by atoms with Gasteiger partial charge in [0, 0.05) is 13.1 Å². The fraction of sp³-hybridized carbons (Fsp3) is 0.526. The predicted molar refractivity (Wildman–Crippen MR) is 96.8 cm³/mol. The number of carbonyl (C=O) groups is 3. The summed E-state index contributed by atoms with van der Waals surface area (Å²) in [6, 6.07) is 9.47. The molecule has 1 aromatic carbocycles. The maximum Gasteiger partial charge on any atom is 0.407 e. The zero-order chi connectivity index (χ0) is 19.5. The lowest BCUT2D eigenvalue weighted by molar-refractivity contribution is -0.144. The van der Waals surface area contributed by atoms with Gasteiger partial charge in [-0.2, -0.15) is 0 Å². The summed E-state index contributed by atoms with van der Waals surface area (Å²) in [4.78, 5) is 34.7. The van der Waals surface area contributed by atoms with E-state index in [0.29, 0.717) is 13.1 Å². The van der Waals surface area contributed by atoms with Crippen LogP contribution in [-0.4, -0.2) is 49.9 Å². The lowest BCUT2D eigenvalue weighted by atomic mass is 10.2. The van der Waals surface area contributed by atoms with Crippen molar-refractivity contribution >= 4 is 18.0 Å². The summed E-state index contributed by atoms with van der Waals surface area (Å²) in [6.07, 6.45) is 0.445. The smallest absolute Gasteiger partial charge is 0.407 e. The molecular formula is C19H26N2O6. The number of esters is 1. The summed E-state index contributed by atoms with van der Waals surface area (Å²) in [6.45, 7) is 3.22. The van der Waals surface area contributed by atoms with Gasteiger partial charge in [-0.1, -0.05) is 30.3 Å². The van der Waals surface area contributed by atoms with Gasteiger partial charge in [0.1, 0.15) is 6.61 Å². The van der Waals surface area contributed by atoms with Crippen molar-refractivity contribution < 1.29 is 28.6 Å². The first-order valence-electron chi connectivity index (χ1n) is 9.16. The van der Waals surface area contributed by atoms with Gasteiger partial charge in [0.2, 0.25) is 0 Å². The highest BCUT2D eigenvalue weighted by atomic mass is 16.6. The topological polar surface area (TPSA) is 106 Å². The van der Waals surface area contributed by atoms with E-state index in [1.807, 2.05) is 30.3 Å². The Morgan fingerprint density at radius 2 is 1.67 bits per heavy atom. The maximum atomic E-state index is 11.8. The van der Waals surface area contributed by atoms with Crippen molar-refractivity contribution in [3.05, 3.63) is 35.9 Å². The quantitative estimate of drug-likeness (QED) is 0.344. The summed E-state index contributed by atoms with van der Waals surface area (Å²) in [5.41, 5.74) is 0.938. The third kappa shape index (κ3) is 7.65. The summed E-state index contributed by atoms with van der Waals surface area (Å²) in [5.74, 6) is -0.793. The van der Waals surface area contributed by atoms with Gasteiger partial charge < -0.3 is 24.8 Å². The Balaban J connectivity index is 1.43. The van der Waals surface area contributed by atoms with Gasteiger partial charge in [-0.05, 0) is 31.7 Å². The SMILES string of the molecule is CCOC(=O)C1OC1C(=O)NCCCCCNC(=O)OCc1ccccc1. The maximum absolute atomic E-state index is 11.8. The first-order chi connectivity index (χ1) is 13.1. The zero-order valence-corrected chi connectivity index (χ0v) is 15.4. The van der Waals surface area contributed by atoms with Crippen LogP contribution < -0.4 is 10.6 Å². The fourth-order valence-corrected chi connectivity index (χ4v) is 2.42. The third-order valence-corrected chi connectivity index (χ3v) is 3.90. The number of nitrogens with one attached hydrogen (secondary N) is 2. The highest BCUT2D eigenvalue weighted by Crippen LogP contribution is 2.23. The number of carbonyl (C=O) groups excluding carboxylic acids is 3. The molecule has 0 bridgehead atoms. The molecule has 1 aliphatic rings. The lowest BCUT2D eigenvalue weighted by Crippen LogP contribution is -2.31. The second-order valence-corrected chi connectivity index (χ2v) is 6.07. The summed E-state index contributed by atoms with van der Waals surface area (Å²) >= 11 is 0. The minimum Gasteiger partial charge on any atom is -0.464 e. The molecule has 0 radical (unpaired) electrons. The minimum absolute atomic E-state index is 0.245. The second-order valence-electron chi connectivity index (χ2n) is 6.07. The highest BCUT2D eigenvalue weighted by Gasteiger charge is 2.51. The molecule has 2 amide bonds. The molecule has 1 aromatic rings. The monoisotopic (exact) mass is 378 g/mol. The van der Waals surface area contributed by atoms with Crippen molar-refractivity contribution in [3.63, 3.8) is 0 Å². The highest BCUT2D eigenvalue weighted by molar-refractivity contribution is 5.92. The number of hydrogen-bond donors (Lipinski definition) is 2. The normalized spacial score (nSPS) is 17.7. The lowest BCUT2D eigenvalue weighted by Gasteiger charge is -2.07. The number of ether oxygens (including phenoxy) is 3. The van der Waals surface area contributed by atoms with Crippen LogP contribution in [0, 0.1) is 0 Å². The Morgan fingerprint density at radius 3 is 2.37 bits per heavy atom. The molecule has 8 heteroatoms. The first-order valence-corrected chi connectivity index (χ1v) is 9.16. The Labute approximate surface area is 158 Å². The Bertz CT molecular complexity index is 622. The largest absolute Gasteiger partial charge is 0.464 e. The number of hydrogen-bond acceptors (Lipinski definition) is 6. The molecule has 1 heterocycles. The first kappa shape index (κ1) is 20.7. The number of rotatable bonds is 11. The molecule has 0 aliphatic carbocycles. The van der Waals surface area contributed by atoms with E-state index in [0.717, 1.165) is 24.8 Å². The molecule has 2 atom stereocenters. The van der Waals surface area contributed by atoms with Gasteiger partial charge in [0.25, 0.3) is 5.91 Å². The molecule has 2 rings (SSSR count). The summed E-state index contributed by atoms with van der Waals surface area (Å²) in [7, 11) is 0. The standard InChI is InChI=1S/C19H26N2O6/c1-2-25-18(23)16-15(27-16)17(22)20-11-7-4-8-12-21-19(24)26-13-14-9-5-3-6-10-14/h3,5-6,9-10,15-16H,2,4,7-8,11-13H2,1H3,(H,20,22)(H,21,24). The predicted octanol–water partition coefficient (Wildman–Crippen LogP) is 1.53. The van der Waals surface area contributed by atoms with Crippen molar-refractivity contribution in [2.45, 2.75) is 45.0 Å². The average molecular weight is 378 g/mol. The summed E-state index contributed by atoms with van der Waals surface area (Å²) in [5, 5.41) is 5.42. The van der Waals surface area contributed by atoms with Crippen LogP contribution in [0.3, 0.4) is 0 Å². The van der Waals surface area contributed by atoms with E-state index >= 15 is 0 Å². The van der Waals surface area contributed by atoms with Crippen LogP contribution in [0.4, 0.5) is 4.79 Å². The molecule has 8 nitrogen and oxygen atoms in total. The van der Waals surface area contributed by atoms with E-state index < -0.39 is 24.3 Å². The molecular weight excluding hydrogens is 352 g/mol. The molecule has 2 N–H and O–H groups in total. The molecule has 148 valence electrons. The van der Waals surface area contributed by atoms with E-state index in [4.69, 9.17) is 14.2 Å². The van der Waals surface area contributed by atoms with E-state index in [-0.39, 0.29) is 19.1 Å². The van der Waals surface area contributed by atoms with Gasteiger partial charge in [-0.25, -0.2) is 9.59 Å². The van der Waals surface area contributed by atoms with E-state index in [1.54, 1.807) is 6.92 Å². The summed E-state index contributed by atoms with van der Waals surface area (Å²) < 4.78 is 14.9. The van der Waals surface area contributed by atoms with Gasteiger partial charge in [0.15, 0.2) is 12.2 Å². The number of alkyl carbamates (subject to hydrolysis) is 1. The Morgan fingerprint density at radius 1 is 0.963 bits per heavy atom. The van der Waals surface area contributed by atoms with E-state index in [1.165, 1.54) is 0 Å². The fourth-order valence-electron chi connectivity index (χ4n) is 2.42. The number of unbranched alkanes of at least 4 members (excludes halogenated alkanes) is 2. The van der Waals surface area contributed by atoms with Gasteiger partial charge >= 0.3 is 12.1 Å². The van der Waals surface area contributed by atoms with Crippen LogP contribution in [-0.2, 0) is 30.4 Å². The second kappa shape index (κ2) is 11.2. The molecule has 0 saturated carbocycles. The van der Waals surface area contributed by atoms with Crippen molar-refractivity contribution in [1.82, 2.24) is 10.6 Å². The minimum atomic E-state index is -0.768. The van der Waals surface area contributed by atoms with Crippen LogP contribution >= 0.6 is 0 Å². The molecule has 0 aromatic heterocycles. The molecule has 1 aliphatic heterocycles. The van der Waals surface area contributed by atoms with E-state index in [2.05, 4.69) is 10.6 Å². The van der Waals surface area contributed by atoms with Crippen molar-refractivity contribution in [2.75, 3.05) is 19.7 Å². The van der Waals surface area contributed by atoms with Gasteiger partial charge in [0.05, 0.1) is 6.61 Å². The van der Waals surface area contributed by atoms with E-state index in [9.17, 15) is 14.4 Å². The number of epoxide rings is 1.